The van der Waals surface area contributed by atoms with Gasteiger partial charge >= 0.3 is 5.97 Å². The first kappa shape index (κ1) is 12.2. The van der Waals surface area contributed by atoms with E-state index in [1.165, 1.54) is 7.11 Å². The van der Waals surface area contributed by atoms with E-state index in [1.54, 1.807) is 14.0 Å². The second-order valence-corrected chi connectivity index (χ2v) is 3.17. The normalized spacial score (nSPS) is 13.1. The van der Waals surface area contributed by atoms with Crippen LogP contribution in [0, 0.1) is 0 Å². The van der Waals surface area contributed by atoms with Crippen LogP contribution >= 0.6 is 0 Å². The number of carbonyl (C=O) groups excluding carboxylic acids is 1. The summed E-state index contributed by atoms with van der Waals surface area (Å²) < 4.78 is 10.1. The SMILES string of the molecule is CN=C(C)OC(C(=O)OC)c1ccccc1. The van der Waals surface area contributed by atoms with Gasteiger partial charge in [-0.25, -0.2) is 4.79 Å². The molecule has 4 heteroatoms. The molecule has 0 aliphatic rings. The highest BCUT2D eigenvalue weighted by Gasteiger charge is 2.23. The van der Waals surface area contributed by atoms with Crippen molar-refractivity contribution in [1.82, 2.24) is 0 Å². The van der Waals surface area contributed by atoms with Gasteiger partial charge in [-0.2, -0.15) is 0 Å². The summed E-state index contributed by atoms with van der Waals surface area (Å²) in [5.41, 5.74) is 0.748. The minimum absolute atomic E-state index is 0.436. The van der Waals surface area contributed by atoms with Gasteiger partial charge in [-0.3, -0.25) is 4.99 Å². The first-order valence-electron chi connectivity index (χ1n) is 4.92. The zero-order valence-corrected chi connectivity index (χ0v) is 9.64. The number of aliphatic imine (C=N–C) groups is 1. The number of hydrogen-bond acceptors (Lipinski definition) is 4. The molecule has 4 nitrogen and oxygen atoms in total. The Morgan fingerprint density at radius 3 is 2.44 bits per heavy atom. The van der Waals surface area contributed by atoms with Gasteiger partial charge in [-0.05, 0) is 0 Å². The lowest BCUT2D eigenvalue weighted by Crippen LogP contribution is -2.19. The number of rotatable bonds is 3. The highest BCUT2D eigenvalue weighted by atomic mass is 16.6. The molecule has 1 aromatic rings. The molecule has 86 valence electrons. The molecule has 1 rings (SSSR count). The van der Waals surface area contributed by atoms with Crippen LogP contribution in [0.5, 0.6) is 0 Å². The van der Waals surface area contributed by atoms with E-state index in [-0.39, 0.29) is 0 Å². The quantitative estimate of drug-likeness (QED) is 0.445. The largest absolute Gasteiger partial charge is 0.466 e. The van der Waals surface area contributed by atoms with Gasteiger partial charge in [0, 0.05) is 19.5 Å². The van der Waals surface area contributed by atoms with E-state index in [0.717, 1.165) is 5.56 Å². The maximum Gasteiger partial charge on any atom is 0.351 e. The molecular weight excluding hydrogens is 206 g/mol. The maximum atomic E-state index is 11.6. The van der Waals surface area contributed by atoms with E-state index >= 15 is 0 Å². The molecule has 0 radical (unpaired) electrons. The summed E-state index contributed by atoms with van der Waals surface area (Å²) in [5, 5.41) is 0. The topological polar surface area (TPSA) is 47.9 Å². The summed E-state index contributed by atoms with van der Waals surface area (Å²) in [5.74, 6) is 0.00783. The highest BCUT2D eigenvalue weighted by Crippen LogP contribution is 2.18. The Hall–Kier alpha value is -1.84. The molecular formula is C12H15NO3. The molecule has 0 spiro atoms. The molecule has 0 saturated carbocycles. The van der Waals surface area contributed by atoms with Crippen LogP contribution in [0.1, 0.15) is 18.6 Å². The van der Waals surface area contributed by atoms with Crippen LogP contribution in [0.2, 0.25) is 0 Å². The first-order chi connectivity index (χ1) is 7.69. The lowest BCUT2D eigenvalue weighted by Gasteiger charge is -2.16. The van der Waals surface area contributed by atoms with Crippen LogP contribution in [0.15, 0.2) is 35.3 Å². The Morgan fingerprint density at radius 1 is 1.31 bits per heavy atom. The molecule has 0 aromatic heterocycles. The summed E-state index contributed by atoms with van der Waals surface area (Å²) in [7, 11) is 2.94. The Balaban J connectivity index is 2.92. The van der Waals surface area contributed by atoms with Crippen molar-refractivity contribution in [3.8, 4) is 0 Å². The van der Waals surface area contributed by atoms with E-state index in [4.69, 9.17) is 9.47 Å². The summed E-state index contributed by atoms with van der Waals surface area (Å²) in [4.78, 5) is 15.4. The lowest BCUT2D eigenvalue weighted by atomic mass is 10.1. The number of hydrogen-bond donors (Lipinski definition) is 0. The molecule has 0 heterocycles. The van der Waals surface area contributed by atoms with Gasteiger partial charge in [0.05, 0.1) is 7.11 Å². The molecule has 1 atom stereocenters. The number of carbonyl (C=O) groups is 1. The minimum atomic E-state index is -0.755. The summed E-state index contributed by atoms with van der Waals surface area (Å²) >= 11 is 0. The Labute approximate surface area is 94.9 Å². The van der Waals surface area contributed by atoms with E-state index in [9.17, 15) is 4.79 Å². The van der Waals surface area contributed by atoms with Crippen molar-refractivity contribution in [1.29, 1.82) is 0 Å². The fourth-order valence-electron chi connectivity index (χ4n) is 1.21. The summed E-state index contributed by atoms with van der Waals surface area (Å²) in [6.45, 7) is 1.69. The van der Waals surface area contributed by atoms with Crippen LogP contribution in [-0.4, -0.2) is 26.0 Å². The van der Waals surface area contributed by atoms with Crippen molar-refractivity contribution in [3.05, 3.63) is 35.9 Å². The fourth-order valence-corrected chi connectivity index (χ4v) is 1.21. The van der Waals surface area contributed by atoms with Crippen LogP contribution < -0.4 is 0 Å². The van der Waals surface area contributed by atoms with Gasteiger partial charge in [0.25, 0.3) is 0 Å². The van der Waals surface area contributed by atoms with E-state index in [2.05, 4.69) is 4.99 Å². The summed E-state index contributed by atoms with van der Waals surface area (Å²) in [6, 6.07) is 9.17. The number of nitrogens with zero attached hydrogens (tertiary/aromatic N) is 1. The van der Waals surface area contributed by atoms with Crippen molar-refractivity contribution in [2.75, 3.05) is 14.2 Å². The smallest absolute Gasteiger partial charge is 0.351 e. The molecule has 16 heavy (non-hydrogen) atoms. The summed E-state index contributed by atoms with van der Waals surface area (Å²) in [6.07, 6.45) is -0.755. The number of ether oxygens (including phenoxy) is 2. The Morgan fingerprint density at radius 2 is 1.94 bits per heavy atom. The Kier molecular flexibility index (Phi) is 4.51. The number of methoxy groups -OCH3 is 1. The Bertz CT molecular complexity index is 373. The van der Waals surface area contributed by atoms with Crippen LogP contribution in [0.3, 0.4) is 0 Å². The van der Waals surface area contributed by atoms with Crippen molar-refractivity contribution in [2.24, 2.45) is 4.99 Å². The second kappa shape index (κ2) is 5.90. The van der Waals surface area contributed by atoms with E-state index in [1.807, 2.05) is 30.3 Å². The molecule has 1 aromatic carbocycles. The molecule has 0 saturated heterocycles. The predicted molar refractivity (Wildman–Crippen MR) is 61.3 cm³/mol. The molecule has 1 unspecified atom stereocenters. The van der Waals surface area contributed by atoms with Crippen molar-refractivity contribution < 1.29 is 14.3 Å². The number of esters is 1. The maximum absolute atomic E-state index is 11.6. The molecule has 0 amide bonds. The van der Waals surface area contributed by atoms with Crippen LogP contribution in [-0.2, 0) is 14.3 Å². The van der Waals surface area contributed by atoms with Gasteiger partial charge in [-0.15, -0.1) is 0 Å². The highest BCUT2D eigenvalue weighted by molar-refractivity contribution is 5.81. The first-order valence-corrected chi connectivity index (χ1v) is 4.92. The van der Waals surface area contributed by atoms with Gasteiger partial charge in [0.1, 0.15) is 0 Å². The van der Waals surface area contributed by atoms with Crippen LogP contribution in [0.4, 0.5) is 0 Å². The van der Waals surface area contributed by atoms with Gasteiger partial charge in [0.2, 0.25) is 6.10 Å². The van der Waals surface area contributed by atoms with Crippen molar-refractivity contribution in [2.45, 2.75) is 13.0 Å². The molecule has 0 N–H and O–H groups in total. The molecule has 0 bridgehead atoms. The zero-order chi connectivity index (χ0) is 12.0. The van der Waals surface area contributed by atoms with Crippen molar-refractivity contribution >= 4 is 11.9 Å². The monoisotopic (exact) mass is 221 g/mol. The van der Waals surface area contributed by atoms with E-state index < -0.39 is 12.1 Å². The standard InChI is InChI=1S/C12H15NO3/c1-9(13-2)16-11(12(14)15-3)10-7-5-4-6-8-10/h4-8,11H,1-3H3. The average molecular weight is 221 g/mol. The third-order valence-electron chi connectivity index (χ3n) is 2.12. The molecule has 0 aliphatic heterocycles. The predicted octanol–water partition coefficient (Wildman–Crippen LogP) is 1.97. The fraction of sp³-hybridized carbons (Fsp3) is 0.333. The third-order valence-corrected chi connectivity index (χ3v) is 2.12. The number of benzene rings is 1. The third kappa shape index (κ3) is 3.08. The van der Waals surface area contributed by atoms with Gasteiger partial charge in [0.15, 0.2) is 5.90 Å². The average Bonchev–Trinajstić information content (AvgIpc) is 2.35. The molecule has 0 fully saturated rings. The van der Waals surface area contributed by atoms with E-state index in [0.29, 0.717) is 5.90 Å². The van der Waals surface area contributed by atoms with Gasteiger partial charge < -0.3 is 9.47 Å². The van der Waals surface area contributed by atoms with Crippen molar-refractivity contribution in [3.63, 3.8) is 0 Å². The van der Waals surface area contributed by atoms with Gasteiger partial charge in [-0.1, -0.05) is 30.3 Å². The second-order valence-electron chi connectivity index (χ2n) is 3.17. The zero-order valence-electron chi connectivity index (χ0n) is 9.64. The minimum Gasteiger partial charge on any atom is -0.466 e. The van der Waals surface area contributed by atoms with Crippen LogP contribution in [0.25, 0.3) is 0 Å². The molecule has 0 aliphatic carbocycles. The lowest BCUT2D eigenvalue weighted by molar-refractivity contribution is -0.149.